The van der Waals surface area contributed by atoms with Crippen LogP contribution < -0.4 is 16.0 Å². The van der Waals surface area contributed by atoms with Gasteiger partial charge in [-0.1, -0.05) is 41.9 Å². The molecule has 1 heterocycles. The molecule has 35 heavy (non-hydrogen) atoms. The second kappa shape index (κ2) is 10.7. The second-order valence-electron chi connectivity index (χ2n) is 8.63. The van der Waals surface area contributed by atoms with Crippen molar-refractivity contribution in [3.8, 4) is 0 Å². The Labute approximate surface area is 208 Å². The fraction of sp³-hybridized carbons (Fsp3) is 0.222. The molecular weight excluding hydrogens is 467 g/mol. The van der Waals surface area contributed by atoms with Gasteiger partial charge in [0.15, 0.2) is 0 Å². The lowest BCUT2D eigenvalue weighted by molar-refractivity contribution is -0.117. The van der Waals surface area contributed by atoms with E-state index in [1.165, 1.54) is 6.07 Å². The van der Waals surface area contributed by atoms with E-state index in [-0.39, 0.29) is 23.8 Å². The summed E-state index contributed by atoms with van der Waals surface area (Å²) in [5.74, 6) is -0.561. The molecule has 3 amide bonds. The maximum absolute atomic E-state index is 14.1. The van der Waals surface area contributed by atoms with Gasteiger partial charge in [0.25, 0.3) is 0 Å². The van der Waals surface area contributed by atoms with Crippen LogP contribution in [-0.2, 0) is 11.2 Å². The van der Waals surface area contributed by atoms with Gasteiger partial charge in [0, 0.05) is 27.9 Å². The molecule has 3 N–H and O–H groups in total. The van der Waals surface area contributed by atoms with Crippen LogP contribution >= 0.6 is 11.6 Å². The van der Waals surface area contributed by atoms with E-state index in [4.69, 9.17) is 16.6 Å². The molecule has 1 aliphatic rings. The minimum absolute atomic E-state index is 0.0159. The molecule has 1 unspecified atom stereocenters. The van der Waals surface area contributed by atoms with Crippen molar-refractivity contribution < 1.29 is 14.0 Å². The van der Waals surface area contributed by atoms with Gasteiger partial charge in [0.05, 0.1) is 11.4 Å². The topological polar surface area (TPSA) is 82.6 Å². The van der Waals surface area contributed by atoms with E-state index in [0.717, 1.165) is 5.56 Å². The number of aliphatic imine (C=N–C) groups is 1. The summed E-state index contributed by atoms with van der Waals surface area (Å²) >= 11 is 6.27. The Morgan fingerprint density at radius 3 is 2.57 bits per heavy atom. The van der Waals surface area contributed by atoms with Gasteiger partial charge in [0.2, 0.25) is 5.91 Å². The van der Waals surface area contributed by atoms with Crippen LogP contribution in [0.25, 0.3) is 0 Å². The van der Waals surface area contributed by atoms with Crippen molar-refractivity contribution >= 4 is 40.6 Å². The minimum atomic E-state index is -0.717. The Morgan fingerprint density at radius 1 is 1.11 bits per heavy atom. The van der Waals surface area contributed by atoms with Gasteiger partial charge in [-0.3, -0.25) is 9.79 Å². The number of carbonyl (C=O) groups is 2. The van der Waals surface area contributed by atoms with Crippen molar-refractivity contribution in [1.82, 2.24) is 5.32 Å². The van der Waals surface area contributed by atoms with Crippen molar-refractivity contribution in [3.05, 3.63) is 94.3 Å². The van der Waals surface area contributed by atoms with Gasteiger partial charge >= 0.3 is 6.03 Å². The van der Waals surface area contributed by atoms with Crippen LogP contribution in [0.1, 0.15) is 37.0 Å². The van der Waals surface area contributed by atoms with Crippen LogP contribution in [0.5, 0.6) is 0 Å². The van der Waals surface area contributed by atoms with Gasteiger partial charge in [-0.2, -0.15) is 0 Å². The maximum atomic E-state index is 14.1. The summed E-state index contributed by atoms with van der Waals surface area (Å²) in [5.41, 5.74) is 3.81. The highest BCUT2D eigenvalue weighted by Crippen LogP contribution is 2.29. The number of anilines is 2. The van der Waals surface area contributed by atoms with E-state index in [2.05, 4.69) is 16.0 Å². The third kappa shape index (κ3) is 6.05. The van der Waals surface area contributed by atoms with E-state index in [9.17, 15) is 14.0 Å². The predicted octanol–water partition coefficient (Wildman–Crippen LogP) is 5.80. The molecule has 3 aromatic carbocycles. The lowest BCUT2D eigenvalue weighted by Gasteiger charge is -2.13. The van der Waals surface area contributed by atoms with Crippen LogP contribution in [0.4, 0.5) is 20.6 Å². The summed E-state index contributed by atoms with van der Waals surface area (Å²) in [6.45, 7) is 3.76. The van der Waals surface area contributed by atoms with Gasteiger partial charge < -0.3 is 16.0 Å². The Bertz CT molecular complexity index is 1270. The third-order valence-corrected chi connectivity index (χ3v) is 5.80. The van der Waals surface area contributed by atoms with Gasteiger partial charge in [-0.15, -0.1) is 0 Å². The summed E-state index contributed by atoms with van der Waals surface area (Å²) < 4.78 is 14.1. The zero-order valence-corrected chi connectivity index (χ0v) is 20.2. The Balaban J connectivity index is 1.65. The fourth-order valence-corrected chi connectivity index (χ4v) is 4.05. The standard InChI is InChI=1S/C27H26ClFN4O2/c1-16(2)30-27(35)31-20-11-7-18(8-12-20)25-21-15-19(28)10-14-23(21)33-26(34)24(32-25)13-9-17-5-3-4-6-22(17)29/h3-8,10-12,14-16,24H,9,13H2,1-2H3,(H,33,34)(H2,30,31,35). The van der Waals surface area contributed by atoms with E-state index < -0.39 is 6.04 Å². The number of aryl methyl sites for hydroxylation is 1. The molecular formula is C27H26ClFN4O2. The van der Waals surface area contributed by atoms with Crippen LogP contribution in [0.2, 0.25) is 5.02 Å². The normalized spacial score (nSPS) is 15.1. The number of benzene rings is 3. The number of benzodiazepines with no additional fused rings is 1. The largest absolute Gasteiger partial charge is 0.336 e. The van der Waals surface area contributed by atoms with Crippen molar-refractivity contribution in [2.24, 2.45) is 4.99 Å². The summed E-state index contributed by atoms with van der Waals surface area (Å²) in [6.07, 6.45) is 0.708. The molecule has 1 aliphatic heterocycles. The first-order chi connectivity index (χ1) is 16.8. The maximum Gasteiger partial charge on any atom is 0.319 e. The van der Waals surface area contributed by atoms with E-state index in [0.29, 0.717) is 46.1 Å². The highest BCUT2D eigenvalue weighted by atomic mass is 35.5. The molecule has 0 saturated heterocycles. The molecule has 180 valence electrons. The van der Waals surface area contributed by atoms with Gasteiger partial charge in [-0.05, 0) is 68.7 Å². The van der Waals surface area contributed by atoms with Crippen molar-refractivity contribution in [3.63, 3.8) is 0 Å². The van der Waals surface area contributed by atoms with Crippen LogP contribution in [-0.4, -0.2) is 29.7 Å². The number of fused-ring (bicyclic) bond motifs is 1. The Hall–Kier alpha value is -3.71. The van der Waals surface area contributed by atoms with Crippen molar-refractivity contribution in [1.29, 1.82) is 0 Å². The highest BCUT2D eigenvalue weighted by Gasteiger charge is 2.26. The van der Waals surface area contributed by atoms with Crippen LogP contribution in [0.15, 0.2) is 71.7 Å². The highest BCUT2D eigenvalue weighted by molar-refractivity contribution is 6.32. The summed E-state index contributed by atoms with van der Waals surface area (Å²) in [6, 6.07) is 18.0. The van der Waals surface area contributed by atoms with Crippen LogP contribution in [0, 0.1) is 5.82 Å². The number of hydrogen-bond acceptors (Lipinski definition) is 3. The smallest absolute Gasteiger partial charge is 0.319 e. The predicted molar refractivity (Wildman–Crippen MR) is 138 cm³/mol. The van der Waals surface area contributed by atoms with E-state index in [1.807, 2.05) is 26.0 Å². The SMILES string of the molecule is CC(C)NC(=O)Nc1ccc(C2=NC(CCc3ccccc3F)C(=O)Nc3ccc(Cl)cc32)cc1. The number of carbonyl (C=O) groups excluding carboxylic acids is 2. The first-order valence-electron chi connectivity index (χ1n) is 11.4. The zero-order valence-electron chi connectivity index (χ0n) is 19.4. The van der Waals surface area contributed by atoms with Crippen molar-refractivity contribution in [2.45, 2.75) is 38.8 Å². The number of hydrogen-bond donors (Lipinski definition) is 3. The second-order valence-corrected chi connectivity index (χ2v) is 9.07. The first-order valence-corrected chi connectivity index (χ1v) is 11.8. The number of urea groups is 1. The lowest BCUT2D eigenvalue weighted by atomic mass is 10.00. The third-order valence-electron chi connectivity index (χ3n) is 5.56. The molecule has 0 radical (unpaired) electrons. The molecule has 4 rings (SSSR count). The molecule has 0 fully saturated rings. The lowest BCUT2D eigenvalue weighted by Crippen LogP contribution is -2.34. The average molecular weight is 493 g/mol. The molecule has 0 aromatic heterocycles. The zero-order chi connectivity index (χ0) is 24.9. The average Bonchev–Trinajstić information content (AvgIpc) is 2.94. The summed E-state index contributed by atoms with van der Waals surface area (Å²) in [7, 11) is 0. The molecule has 0 spiro atoms. The van der Waals surface area contributed by atoms with E-state index >= 15 is 0 Å². The fourth-order valence-electron chi connectivity index (χ4n) is 3.88. The molecule has 1 atom stereocenters. The number of rotatable bonds is 6. The number of nitrogens with zero attached hydrogens (tertiary/aromatic N) is 1. The van der Waals surface area contributed by atoms with Gasteiger partial charge in [0.1, 0.15) is 11.9 Å². The number of halogens is 2. The Kier molecular flexibility index (Phi) is 7.46. The van der Waals surface area contributed by atoms with Crippen LogP contribution in [0.3, 0.4) is 0 Å². The molecule has 0 bridgehead atoms. The monoisotopic (exact) mass is 492 g/mol. The number of amides is 3. The molecule has 0 saturated carbocycles. The Morgan fingerprint density at radius 2 is 1.86 bits per heavy atom. The quantitative estimate of drug-likeness (QED) is 0.406. The molecule has 8 heteroatoms. The first kappa shape index (κ1) is 24.4. The minimum Gasteiger partial charge on any atom is -0.336 e. The molecule has 3 aromatic rings. The van der Waals surface area contributed by atoms with Gasteiger partial charge in [-0.25, -0.2) is 9.18 Å². The molecule has 0 aliphatic carbocycles. The van der Waals surface area contributed by atoms with E-state index in [1.54, 1.807) is 48.5 Å². The summed E-state index contributed by atoms with van der Waals surface area (Å²) in [5, 5.41) is 9.02. The molecule has 6 nitrogen and oxygen atoms in total. The summed E-state index contributed by atoms with van der Waals surface area (Å²) in [4.78, 5) is 29.8. The van der Waals surface area contributed by atoms with Crippen molar-refractivity contribution in [2.75, 3.05) is 10.6 Å². The number of nitrogens with one attached hydrogen (secondary N) is 3.